The van der Waals surface area contributed by atoms with E-state index in [-0.39, 0.29) is 21.6 Å². The highest BCUT2D eigenvalue weighted by Gasteiger charge is 2.17. The zero-order valence-electron chi connectivity index (χ0n) is 7.00. The van der Waals surface area contributed by atoms with Crippen molar-refractivity contribution >= 4 is 44.6 Å². The largest absolute Gasteiger partial charge is 0.224 e. The summed E-state index contributed by atoms with van der Waals surface area (Å²) in [5, 5.41) is 0.502. The van der Waals surface area contributed by atoms with E-state index in [0.29, 0.717) is 5.02 Å². The normalized spacial score (nSPS) is 11.6. The molecule has 0 spiro atoms. The van der Waals surface area contributed by atoms with Gasteiger partial charge in [0.1, 0.15) is 0 Å². The smallest absolute Gasteiger partial charge is 0.181 e. The van der Waals surface area contributed by atoms with Crippen molar-refractivity contribution in [3.63, 3.8) is 0 Å². The number of alkyl halides is 1. The summed E-state index contributed by atoms with van der Waals surface area (Å²) in [6, 6.07) is 4.31. The van der Waals surface area contributed by atoms with Gasteiger partial charge in [0.05, 0.1) is 15.7 Å². The Morgan fingerprint density at radius 2 is 1.86 bits per heavy atom. The number of halogens is 3. The fraction of sp³-hybridized carbons (Fsp3) is 0.250. The fourth-order valence-electron chi connectivity index (χ4n) is 0.927. The Labute approximate surface area is 97.7 Å². The minimum Gasteiger partial charge on any atom is -0.224 e. The summed E-state index contributed by atoms with van der Waals surface area (Å²) in [6.45, 7) is 0. The molecule has 0 saturated carbocycles. The van der Waals surface area contributed by atoms with Crippen LogP contribution in [0.15, 0.2) is 23.1 Å². The molecule has 6 heteroatoms. The van der Waals surface area contributed by atoms with Crippen LogP contribution in [0.25, 0.3) is 0 Å². The van der Waals surface area contributed by atoms with Crippen molar-refractivity contribution in [2.45, 2.75) is 4.90 Å². The van der Waals surface area contributed by atoms with Crippen LogP contribution >= 0.6 is 34.8 Å². The maximum Gasteiger partial charge on any atom is 0.181 e. The lowest BCUT2D eigenvalue weighted by atomic mass is 10.4. The summed E-state index contributed by atoms with van der Waals surface area (Å²) in [6.07, 6.45) is 0. The van der Waals surface area contributed by atoms with Crippen molar-refractivity contribution in [1.29, 1.82) is 0 Å². The monoisotopic (exact) mass is 272 g/mol. The number of hydrogen-bond acceptors (Lipinski definition) is 2. The van der Waals surface area contributed by atoms with Crippen LogP contribution in [-0.4, -0.2) is 20.1 Å². The third-order valence-corrected chi connectivity index (χ3v) is 4.41. The van der Waals surface area contributed by atoms with E-state index >= 15 is 0 Å². The van der Waals surface area contributed by atoms with Crippen LogP contribution < -0.4 is 0 Å². The van der Waals surface area contributed by atoms with Gasteiger partial charge in [0.25, 0.3) is 0 Å². The second-order valence-corrected chi connectivity index (χ2v) is 5.88. The summed E-state index contributed by atoms with van der Waals surface area (Å²) in [4.78, 5) is 0.0346. The maximum absolute atomic E-state index is 11.6. The summed E-state index contributed by atoms with van der Waals surface area (Å²) >= 11 is 16.8. The van der Waals surface area contributed by atoms with Crippen LogP contribution in [0.1, 0.15) is 0 Å². The average Bonchev–Trinajstić information content (AvgIpc) is 2.09. The lowest BCUT2D eigenvalue weighted by molar-refractivity contribution is 0.597. The minimum atomic E-state index is -3.41. The lowest BCUT2D eigenvalue weighted by Crippen LogP contribution is -2.08. The van der Waals surface area contributed by atoms with Crippen molar-refractivity contribution in [2.24, 2.45) is 0 Å². The topological polar surface area (TPSA) is 34.1 Å². The van der Waals surface area contributed by atoms with Crippen LogP contribution in [0.4, 0.5) is 0 Å². The van der Waals surface area contributed by atoms with E-state index in [9.17, 15) is 8.42 Å². The van der Waals surface area contributed by atoms with E-state index in [1.807, 2.05) is 0 Å². The molecule has 0 aliphatic carbocycles. The molecule has 0 heterocycles. The molecule has 0 N–H and O–H groups in total. The van der Waals surface area contributed by atoms with Gasteiger partial charge in [-0.05, 0) is 18.2 Å². The summed E-state index contributed by atoms with van der Waals surface area (Å²) in [7, 11) is -3.41. The number of sulfone groups is 1. The first kappa shape index (κ1) is 12.1. The lowest BCUT2D eigenvalue weighted by Gasteiger charge is -2.04. The average molecular weight is 274 g/mol. The highest BCUT2D eigenvalue weighted by Crippen LogP contribution is 2.25. The van der Waals surface area contributed by atoms with E-state index in [2.05, 4.69) is 0 Å². The molecule has 1 rings (SSSR count). The first-order chi connectivity index (χ1) is 6.47. The predicted octanol–water partition coefficient (Wildman–Crippen LogP) is 3.01. The molecule has 1 aromatic carbocycles. The standard InChI is InChI=1S/C8H7Cl3O2S/c9-3-4-14(12,13)8-5-6(10)1-2-7(8)11/h1-2,5H,3-4H2. The third kappa shape index (κ3) is 2.76. The molecule has 14 heavy (non-hydrogen) atoms. The number of rotatable bonds is 3. The number of hydrogen-bond donors (Lipinski definition) is 0. The quantitative estimate of drug-likeness (QED) is 0.793. The second-order valence-electron chi connectivity index (χ2n) is 2.58. The van der Waals surface area contributed by atoms with Gasteiger partial charge in [-0.2, -0.15) is 0 Å². The zero-order chi connectivity index (χ0) is 10.8. The van der Waals surface area contributed by atoms with E-state index < -0.39 is 9.84 Å². The van der Waals surface area contributed by atoms with E-state index in [1.165, 1.54) is 18.2 Å². The van der Waals surface area contributed by atoms with Crippen LogP contribution in [0.2, 0.25) is 10.0 Å². The Morgan fingerprint density at radius 3 is 2.43 bits per heavy atom. The second kappa shape index (κ2) is 4.71. The molecule has 0 radical (unpaired) electrons. The van der Waals surface area contributed by atoms with E-state index in [1.54, 1.807) is 0 Å². The molecule has 0 atom stereocenters. The van der Waals surface area contributed by atoms with Gasteiger partial charge in [0.15, 0.2) is 9.84 Å². The molecule has 2 nitrogen and oxygen atoms in total. The Kier molecular flexibility index (Phi) is 4.07. The summed E-state index contributed by atoms with van der Waals surface area (Å²) in [5.41, 5.74) is 0. The van der Waals surface area contributed by atoms with Gasteiger partial charge in [0.2, 0.25) is 0 Å². The third-order valence-electron chi connectivity index (χ3n) is 1.57. The molecular weight excluding hydrogens is 267 g/mol. The van der Waals surface area contributed by atoms with E-state index in [4.69, 9.17) is 34.8 Å². The zero-order valence-corrected chi connectivity index (χ0v) is 10.1. The van der Waals surface area contributed by atoms with E-state index in [0.717, 1.165) is 0 Å². The first-order valence-corrected chi connectivity index (χ1v) is 6.65. The molecule has 78 valence electrons. The van der Waals surface area contributed by atoms with Gasteiger partial charge < -0.3 is 0 Å². The molecule has 0 bridgehead atoms. The van der Waals surface area contributed by atoms with Crippen LogP contribution in [0.3, 0.4) is 0 Å². The van der Waals surface area contributed by atoms with Gasteiger partial charge in [-0.25, -0.2) is 8.42 Å². The highest BCUT2D eigenvalue weighted by atomic mass is 35.5. The first-order valence-electron chi connectivity index (χ1n) is 3.71. The van der Waals surface area contributed by atoms with Crippen LogP contribution in [-0.2, 0) is 9.84 Å². The van der Waals surface area contributed by atoms with Crippen molar-refractivity contribution in [3.05, 3.63) is 28.2 Å². The van der Waals surface area contributed by atoms with Crippen molar-refractivity contribution in [3.8, 4) is 0 Å². The maximum atomic E-state index is 11.6. The minimum absolute atomic E-state index is 0.0329. The molecule has 0 saturated heterocycles. The Hall–Kier alpha value is 0.0400. The fourth-order valence-corrected chi connectivity index (χ4v) is 3.34. The molecule has 0 aliphatic rings. The van der Waals surface area contributed by atoms with Crippen molar-refractivity contribution < 1.29 is 8.42 Å². The number of benzene rings is 1. The van der Waals surface area contributed by atoms with Crippen LogP contribution in [0, 0.1) is 0 Å². The predicted molar refractivity (Wildman–Crippen MR) is 59.2 cm³/mol. The molecule has 0 amide bonds. The SMILES string of the molecule is O=S(=O)(CCCl)c1cc(Cl)ccc1Cl. The Bertz CT molecular complexity index is 428. The molecule has 0 aromatic heterocycles. The van der Waals surface area contributed by atoms with Crippen LogP contribution in [0.5, 0.6) is 0 Å². The summed E-state index contributed by atoms with van der Waals surface area (Å²) < 4.78 is 23.2. The van der Waals surface area contributed by atoms with Gasteiger partial charge in [0, 0.05) is 10.9 Å². The van der Waals surface area contributed by atoms with Gasteiger partial charge in [-0.1, -0.05) is 23.2 Å². The molecule has 0 aliphatic heterocycles. The highest BCUT2D eigenvalue weighted by molar-refractivity contribution is 7.91. The van der Waals surface area contributed by atoms with Gasteiger partial charge in [-0.3, -0.25) is 0 Å². The Morgan fingerprint density at radius 1 is 1.21 bits per heavy atom. The Balaban J connectivity index is 3.25. The molecule has 0 unspecified atom stereocenters. The summed E-state index contributed by atoms with van der Waals surface area (Å²) in [5.74, 6) is -0.111. The molecule has 1 aromatic rings. The molecular formula is C8H7Cl3O2S. The van der Waals surface area contributed by atoms with Gasteiger partial charge >= 0.3 is 0 Å². The molecule has 0 fully saturated rings. The van der Waals surface area contributed by atoms with Crippen molar-refractivity contribution in [1.82, 2.24) is 0 Å². The van der Waals surface area contributed by atoms with Gasteiger partial charge in [-0.15, -0.1) is 11.6 Å². The van der Waals surface area contributed by atoms with Crippen molar-refractivity contribution in [2.75, 3.05) is 11.6 Å².